The summed E-state index contributed by atoms with van der Waals surface area (Å²) in [6.07, 6.45) is 0. The number of para-hydroxylation sites is 2. The number of anilines is 3. The van der Waals surface area contributed by atoms with E-state index < -0.39 is 0 Å². The lowest BCUT2D eigenvalue weighted by Crippen LogP contribution is -2.10. The van der Waals surface area contributed by atoms with Gasteiger partial charge in [0.15, 0.2) is 0 Å². The molecule has 0 saturated carbocycles. The Morgan fingerprint density at radius 1 is 0.242 bits per heavy atom. The third-order valence-electron chi connectivity index (χ3n) is 13.0. The summed E-state index contributed by atoms with van der Waals surface area (Å²) in [5.41, 5.74) is 18.8. The van der Waals surface area contributed by atoms with E-state index in [-0.39, 0.29) is 0 Å². The predicted molar refractivity (Wildman–Crippen MR) is 280 cm³/mol. The van der Waals surface area contributed by atoms with Crippen LogP contribution in [0.3, 0.4) is 0 Å². The largest absolute Gasteiger partial charge is 0.311 e. The summed E-state index contributed by atoms with van der Waals surface area (Å²) in [7, 11) is 0. The highest BCUT2D eigenvalue weighted by molar-refractivity contribution is 6.09. The van der Waals surface area contributed by atoms with Gasteiger partial charge < -0.3 is 9.47 Å². The first-order chi connectivity index (χ1) is 32.8. The van der Waals surface area contributed by atoms with Crippen molar-refractivity contribution in [3.63, 3.8) is 0 Å². The summed E-state index contributed by atoms with van der Waals surface area (Å²) in [6, 6.07) is 96.8. The van der Waals surface area contributed by atoms with E-state index in [9.17, 15) is 0 Å². The van der Waals surface area contributed by atoms with Crippen molar-refractivity contribution in [2.45, 2.75) is 0 Å². The standard InChI is InChI=1S/C64H44N2/c1-3-17-45(18-4-1)56-24-9-10-27-61(56)64-57(47-19-5-2-6-20-47)29-16-30-58(64)49-35-39-51(40-36-49)65(50-37-33-48(34-38-50)55-28-15-22-46-21-7-8-23-54(46)55)52-41-43-53(44-42-52)66-62-31-13-11-25-59(62)60-26-12-14-32-63(60)66/h1-44H. The van der Waals surface area contributed by atoms with Crippen molar-refractivity contribution in [1.29, 1.82) is 0 Å². The Morgan fingerprint density at radius 3 is 1.21 bits per heavy atom. The van der Waals surface area contributed by atoms with Crippen molar-refractivity contribution in [1.82, 2.24) is 4.57 Å². The third kappa shape index (κ3) is 6.93. The molecular weight excluding hydrogens is 797 g/mol. The molecule has 1 heterocycles. The van der Waals surface area contributed by atoms with Gasteiger partial charge in [0.05, 0.1) is 11.0 Å². The van der Waals surface area contributed by atoms with Gasteiger partial charge in [-0.2, -0.15) is 0 Å². The molecule has 0 radical (unpaired) electrons. The Hall–Kier alpha value is -8.72. The topological polar surface area (TPSA) is 8.17 Å². The van der Waals surface area contributed by atoms with Gasteiger partial charge in [-0.25, -0.2) is 0 Å². The second-order valence-corrected chi connectivity index (χ2v) is 16.8. The fourth-order valence-electron chi connectivity index (χ4n) is 9.97. The van der Waals surface area contributed by atoms with Gasteiger partial charge in [0, 0.05) is 33.5 Å². The van der Waals surface area contributed by atoms with Crippen molar-refractivity contribution < 1.29 is 0 Å². The van der Waals surface area contributed by atoms with E-state index in [4.69, 9.17) is 0 Å². The highest BCUT2D eigenvalue weighted by atomic mass is 15.1. The first-order valence-corrected chi connectivity index (χ1v) is 22.7. The minimum Gasteiger partial charge on any atom is -0.311 e. The lowest BCUT2D eigenvalue weighted by molar-refractivity contribution is 1.17. The molecule has 0 saturated heterocycles. The van der Waals surface area contributed by atoms with Crippen LogP contribution < -0.4 is 4.90 Å². The molecule has 1 aromatic heterocycles. The molecule has 0 aliphatic rings. The molecule has 0 N–H and O–H groups in total. The van der Waals surface area contributed by atoms with E-state index >= 15 is 0 Å². The zero-order valence-electron chi connectivity index (χ0n) is 36.3. The number of fused-ring (bicyclic) bond motifs is 4. The van der Waals surface area contributed by atoms with Gasteiger partial charge in [0.25, 0.3) is 0 Å². The first-order valence-electron chi connectivity index (χ1n) is 22.7. The Labute approximate surface area is 385 Å². The average molecular weight is 841 g/mol. The molecule has 12 aromatic rings. The molecule has 2 nitrogen and oxygen atoms in total. The number of hydrogen-bond donors (Lipinski definition) is 0. The summed E-state index contributed by atoms with van der Waals surface area (Å²) >= 11 is 0. The quantitative estimate of drug-likeness (QED) is 0.141. The molecule has 0 bridgehead atoms. The molecule has 11 aromatic carbocycles. The van der Waals surface area contributed by atoms with Crippen molar-refractivity contribution >= 4 is 49.6 Å². The van der Waals surface area contributed by atoms with Crippen LogP contribution in [0.4, 0.5) is 17.1 Å². The number of aromatic nitrogens is 1. The van der Waals surface area contributed by atoms with Crippen LogP contribution in [0.25, 0.3) is 93.9 Å². The fraction of sp³-hybridized carbons (Fsp3) is 0. The van der Waals surface area contributed by atoms with Gasteiger partial charge in [0.2, 0.25) is 0 Å². The smallest absolute Gasteiger partial charge is 0.0541 e. The molecule has 66 heavy (non-hydrogen) atoms. The zero-order chi connectivity index (χ0) is 43.8. The van der Waals surface area contributed by atoms with E-state index in [0.29, 0.717) is 0 Å². The van der Waals surface area contributed by atoms with Gasteiger partial charge in [-0.15, -0.1) is 0 Å². The van der Waals surface area contributed by atoms with E-state index in [1.807, 2.05) is 0 Å². The molecule has 0 unspecified atom stereocenters. The SMILES string of the molecule is c1ccc(-c2ccccc2-c2c(-c3ccccc3)cccc2-c2ccc(N(c3ccc(-c4cccc5ccccc45)cc3)c3ccc(-n4c5ccccc5c5ccccc54)cc3)cc2)cc1. The van der Waals surface area contributed by atoms with E-state index in [1.165, 1.54) is 82.6 Å². The van der Waals surface area contributed by atoms with Crippen molar-refractivity contribution in [3.05, 3.63) is 267 Å². The molecule has 0 amide bonds. The Kier molecular flexibility index (Phi) is 9.89. The monoisotopic (exact) mass is 840 g/mol. The fourth-order valence-corrected chi connectivity index (χ4v) is 9.97. The van der Waals surface area contributed by atoms with Crippen LogP contribution in [0, 0.1) is 0 Å². The number of hydrogen-bond acceptors (Lipinski definition) is 1. The molecular formula is C64H44N2. The number of rotatable bonds is 9. The minimum absolute atomic E-state index is 1.08. The summed E-state index contributed by atoms with van der Waals surface area (Å²) in [5, 5.41) is 5.01. The van der Waals surface area contributed by atoms with E-state index in [0.717, 1.165) is 28.3 Å². The number of benzene rings is 11. The maximum absolute atomic E-state index is 2.38. The third-order valence-corrected chi connectivity index (χ3v) is 13.0. The van der Waals surface area contributed by atoms with Crippen LogP contribution in [0.15, 0.2) is 267 Å². The van der Waals surface area contributed by atoms with Crippen LogP contribution in [-0.4, -0.2) is 4.57 Å². The van der Waals surface area contributed by atoms with Gasteiger partial charge >= 0.3 is 0 Å². The maximum Gasteiger partial charge on any atom is 0.0541 e. The second-order valence-electron chi connectivity index (χ2n) is 16.8. The lowest BCUT2D eigenvalue weighted by Gasteiger charge is -2.26. The van der Waals surface area contributed by atoms with Crippen molar-refractivity contribution in [3.8, 4) is 61.3 Å². The highest BCUT2D eigenvalue weighted by Crippen LogP contribution is 2.45. The van der Waals surface area contributed by atoms with Gasteiger partial charge in [-0.3, -0.25) is 0 Å². The molecule has 0 spiro atoms. The van der Waals surface area contributed by atoms with Crippen LogP contribution in [0.5, 0.6) is 0 Å². The van der Waals surface area contributed by atoms with E-state index in [1.54, 1.807) is 0 Å². The zero-order valence-corrected chi connectivity index (χ0v) is 36.3. The molecule has 0 atom stereocenters. The summed E-state index contributed by atoms with van der Waals surface area (Å²) < 4.78 is 2.38. The Bertz CT molecular complexity index is 3600. The minimum atomic E-state index is 1.08. The van der Waals surface area contributed by atoms with Crippen LogP contribution in [-0.2, 0) is 0 Å². The number of nitrogens with zero attached hydrogens (tertiary/aromatic N) is 2. The van der Waals surface area contributed by atoms with Crippen LogP contribution >= 0.6 is 0 Å². The molecule has 0 fully saturated rings. The van der Waals surface area contributed by atoms with Gasteiger partial charge in [-0.05, 0) is 127 Å². The van der Waals surface area contributed by atoms with Gasteiger partial charge in [-0.1, -0.05) is 206 Å². The van der Waals surface area contributed by atoms with Crippen LogP contribution in [0.2, 0.25) is 0 Å². The normalized spacial score (nSPS) is 11.3. The average Bonchev–Trinajstić information content (AvgIpc) is 3.74. The molecule has 2 heteroatoms. The molecule has 310 valence electrons. The molecule has 0 aliphatic heterocycles. The van der Waals surface area contributed by atoms with Crippen LogP contribution in [0.1, 0.15) is 0 Å². The summed E-state index contributed by atoms with van der Waals surface area (Å²) in [4.78, 5) is 2.37. The lowest BCUT2D eigenvalue weighted by atomic mass is 9.84. The van der Waals surface area contributed by atoms with Crippen molar-refractivity contribution in [2.24, 2.45) is 0 Å². The van der Waals surface area contributed by atoms with Gasteiger partial charge in [0.1, 0.15) is 0 Å². The molecule has 12 rings (SSSR count). The predicted octanol–water partition coefficient (Wildman–Crippen LogP) is 17.7. The Morgan fingerprint density at radius 2 is 0.621 bits per heavy atom. The summed E-state index contributed by atoms with van der Waals surface area (Å²) in [6.45, 7) is 0. The summed E-state index contributed by atoms with van der Waals surface area (Å²) in [5.74, 6) is 0. The highest BCUT2D eigenvalue weighted by Gasteiger charge is 2.20. The first kappa shape index (κ1) is 38.9. The second kappa shape index (κ2) is 16.8. The van der Waals surface area contributed by atoms with Crippen molar-refractivity contribution in [2.75, 3.05) is 4.90 Å². The van der Waals surface area contributed by atoms with E-state index in [2.05, 4.69) is 276 Å². The maximum atomic E-state index is 2.38. The Balaban J connectivity index is 0.988. The molecule has 0 aliphatic carbocycles.